The number of hydrogen-bond acceptors (Lipinski definition) is 8. The van der Waals surface area contributed by atoms with Gasteiger partial charge in [0.25, 0.3) is 0 Å². The Kier molecular flexibility index (Phi) is 7.40. The highest BCUT2D eigenvalue weighted by atomic mass is 31.1. The van der Waals surface area contributed by atoms with E-state index in [1.807, 2.05) is 0 Å². The quantitative estimate of drug-likeness (QED) is 0.373. The molecule has 1 atom stereocenters. The van der Waals surface area contributed by atoms with Gasteiger partial charge in [-0.25, -0.2) is 0 Å². The van der Waals surface area contributed by atoms with Crippen molar-refractivity contribution in [1.29, 1.82) is 0 Å². The van der Waals surface area contributed by atoms with Crippen molar-refractivity contribution in [2.75, 3.05) is 27.9 Å². The molecule has 1 unspecified atom stereocenters. The fraction of sp³-hybridized carbons (Fsp3) is 0.278. The first-order valence-corrected chi connectivity index (χ1v) is 8.82. The lowest BCUT2D eigenvalue weighted by Crippen LogP contribution is -2.52. The van der Waals surface area contributed by atoms with Crippen LogP contribution >= 0.6 is 8.46 Å². The van der Waals surface area contributed by atoms with Crippen molar-refractivity contribution in [1.82, 2.24) is 5.32 Å². The van der Waals surface area contributed by atoms with Crippen LogP contribution in [0.4, 0.5) is 0 Å². The molecule has 9 heteroatoms. The summed E-state index contributed by atoms with van der Waals surface area (Å²) in [5.41, 5.74) is -1.79. The summed E-state index contributed by atoms with van der Waals surface area (Å²) in [5, 5.41) is 2.71. The maximum Gasteiger partial charge on any atom is 0.523 e. The second kappa shape index (κ2) is 9.75. The molecule has 0 spiro atoms. The second-order valence-corrected chi connectivity index (χ2v) is 6.07. The number of benzene rings is 2. The lowest BCUT2D eigenvalue weighted by molar-refractivity contribution is -0.142. The Bertz CT molecular complexity index is 700. The maximum atomic E-state index is 12.0. The van der Waals surface area contributed by atoms with Crippen molar-refractivity contribution < 1.29 is 33.0 Å². The van der Waals surface area contributed by atoms with Gasteiger partial charge in [0.15, 0.2) is 0 Å². The predicted molar refractivity (Wildman–Crippen MR) is 99.0 cm³/mol. The molecule has 0 amide bonds. The molecule has 0 saturated heterocycles. The molecule has 0 saturated carbocycles. The van der Waals surface area contributed by atoms with E-state index in [-0.39, 0.29) is 6.54 Å². The minimum Gasteiger partial charge on any atom is -0.497 e. The van der Waals surface area contributed by atoms with Gasteiger partial charge in [0.1, 0.15) is 29.5 Å². The largest absolute Gasteiger partial charge is 0.523 e. The molecule has 27 heavy (non-hydrogen) atoms. The van der Waals surface area contributed by atoms with Gasteiger partial charge in [0.05, 0.1) is 21.3 Å². The van der Waals surface area contributed by atoms with Gasteiger partial charge in [-0.15, -0.1) is 0 Å². The van der Waals surface area contributed by atoms with Crippen LogP contribution in [0.5, 0.6) is 23.0 Å². The summed E-state index contributed by atoms with van der Waals surface area (Å²) in [6.07, 6.45) is 0. The van der Waals surface area contributed by atoms with E-state index in [9.17, 15) is 9.36 Å². The molecule has 0 bridgehead atoms. The lowest BCUT2D eigenvalue weighted by atomic mass is 10.3. The summed E-state index contributed by atoms with van der Waals surface area (Å²) < 4.78 is 38.4. The van der Waals surface area contributed by atoms with Crippen molar-refractivity contribution in [3.05, 3.63) is 48.5 Å². The van der Waals surface area contributed by atoms with E-state index < -0.39 is 20.1 Å². The molecule has 1 N–H and O–H groups in total. The number of carbonyl (C=O) groups is 1. The number of methoxy groups -OCH3 is 3. The van der Waals surface area contributed by atoms with Crippen LogP contribution in [-0.4, -0.2) is 39.5 Å². The molecule has 2 aromatic carbocycles. The first-order valence-electron chi connectivity index (χ1n) is 7.91. The normalized spacial score (nSPS) is 10.9. The van der Waals surface area contributed by atoms with E-state index in [4.69, 9.17) is 18.9 Å². The molecule has 0 aromatic heterocycles. The molecule has 0 aliphatic rings. The first-order chi connectivity index (χ1) is 13.0. The zero-order valence-electron chi connectivity index (χ0n) is 15.2. The minimum absolute atomic E-state index is 0.266. The zero-order valence-corrected chi connectivity index (χ0v) is 16.2. The van der Waals surface area contributed by atoms with Crippen LogP contribution in [0.15, 0.2) is 48.5 Å². The standard InChI is InChI=1S/C18H20NO7P/c1-22-13-4-8-15(9-5-13)25-18(27-21,19-12-17(20)24-3)26-16-10-6-14(23-2)7-11-16/h4-11,19H,12H2,1-3H3/p+1. The van der Waals surface area contributed by atoms with Crippen LogP contribution in [0.3, 0.4) is 0 Å². The van der Waals surface area contributed by atoms with Crippen LogP contribution in [0.2, 0.25) is 0 Å². The van der Waals surface area contributed by atoms with E-state index in [1.165, 1.54) is 7.11 Å². The van der Waals surface area contributed by atoms with Crippen molar-refractivity contribution >= 4 is 14.4 Å². The van der Waals surface area contributed by atoms with Gasteiger partial charge < -0.3 is 23.7 Å². The zero-order chi connectivity index (χ0) is 19.7. The Morgan fingerprint density at radius 3 is 1.59 bits per heavy atom. The number of esters is 1. The number of nitrogens with one attached hydrogen (secondary N) is 1. The monoisotopic (exact) mass is 394 g/mol. The van der Waals surface area contributed by atoms with Gasteiger partial charge in [0.2, 0.25) is 0 Å². The second-order valence-electron chi connectivity index (χ2n) is 5.20. The Hall–Kier alpha value is -2.83. The van der Waals surface area contributed by atoms with E-state index in [2.05, 4.69) is 10.1 Å². The molecule has 2 rings (SSSR count). The van der Waals surface area contributed by atoms with E-state index in [1.54, 1.807) is 62.8 Å². The first kappa shape index (κ1) is 20.5. The predicted octanol–water partition coefficient (Wildman–Crippen LogP) is 2.56. The fourth-order valence-corrected chi connectivity index (χ4v) is 2.53. The molecule has 0 heterocycles. The average Bonchev–Trinajstić information content (AvgIpc) is 2.72. The van der Waals surface area contributed by atoms with E-state index in [0.717, 1.165) is 0 Å². The molecule has 0 aliphatic carbocycles. The highest BCUT2D eigenvalue weighted by Crippen LogP contribution is 2.30. The fourth-order valence-electron chi connectivity index (χ4n) is 2.05. The Labute approximate surface area is 158 Å². The third-order valence-corrected chi connectivity index (χ3v) is 4.12. The Balaban J connectivity index is 2.26. The van der Waals surface area contributed by atoms with Crippen LogP contribution < -0.4 is 24.3 Å². The van der Waals surface area contributed by atoms with Gasteiger partial charge in [-0.2, -0.15) is 5.32 Å². The Morgan fingerprint density at radius 1 is 0.852 bits per heavy atom. The minimum atomic E-state index is -1.79. The van der Waals surface area contributed by atoms with Crippen molar-refractivity contribution in [3.8, 4) is 23.0 Å². The molecule has 8 nitrogen and oxygen atoms in total. The summed E-state index contributed by atoms with van der Waals surface area (Å²) in [7, 11) is 3.23. The Morgan fingerprint density at radius 2 is 1.26 bits per heavy atom. The van der Waals surface area contributed by atoms with Crippen molar-refractivity contribution in [2.45, 2.75) is 5.65 Å². The maximum absolute atomic E-state index is 12.0. The molecule has 2 aromatic rings. The highest BCUT2D eigenvalue weighted by Gasteiger charge is 2.46. The summed E-state index contributed by atoms with van der Waals surface area (Å²) >= 11 is 0. The summed E-state index contributed by atoms with van der Waals surface area (Å²) in [5.74, 6) is 1.44. The van der Waals surface area contributed by atoms with Gasteiger partial charge in [-0.3, -0.25) is 4.79 Å². The SMILES string of the molecule is COC(=O)CNC(Oc1ccc(OC)cc1)(Oc1ccc(OC)cc1)[PH+]=O. The number of rotatable bonds is 10. The average molecular weight is 394 g/mol. The molecule has 144 valence electrons. The van der Waals surface area contributed by atoms with Crippen molar-refractivity contribution in [2.24, 2.45) is 0 Å². The molecule has 0 radical (unpaired) electrons. The number of ether oxygens (including phenoxy) is 5. The van der Waals surface area contributed by atoms with Crippen LogP contribution in [0.1, 0.15) is 0 Å². The highest BCUT2D eigenvalue weighted by molar-refractivity contribution is 7.25. The number of hydrogen-bond donors (Lipinski definition) is 1. The molecular formula is C18H21NO7P+. The van der Waals surface area contributed by atoms with Gasteiger partial charge in [-0.05, 0) is 48.5 Å². The summed E-state index contributed by atoms with van der Waals surface area (Å²) in [4.78, 5) is 11.5. The summed E-state index contributed by atoms with van der Waals surface area (Å²) in [6, 6.07) is 13.2. The van der Waals surface area contributed by atoms with Gasteiger partial charge >= 0.3 is 20.1 Å². The lowest BCUT2D eigenvalue weighted by Gasteiger charge is -2.23. The molecular weight excluding hydrogens is 373 g/mol. The number of carbonyl (C=O) groups excluding carboxylic acids is 1. The molecule has 0 fully saturated rings. The van der Waals surface area contributed by atoms with Crippen LogP contribution in [-0.2, 0) is 14.1 Å². The van der Waals surface area contributed by atoms with Crippen LogP contribution in [0, 0.1) is 0 Å². The van der Waals surface area contributed by atoms with Crippen molar-refractivity contribution in [3.63, 3.8) is 0 Å². The van der Waals surface area contributed by atoms with E-state index in [0.29, 0.717) is 23.0 Å². The summed E-state index contributed by atoms with van der Waals surface area (Å²) in [6.45, 7) is -0.266. The van der Waals surface area contributed by atoms with Gasteiger partial charge in [-0.1, -0.05) is 4.57 Å². The third kappa shape index (κ3) is 5.84. The third-order valence-electron chi connectivity index (χ3n) is 3.47. The van der Waals surface area contributed by atoms with Crippen LogP contribution in [0.25, 0.3) is 0 Å². The topological polar surface area (TPSA) is 92.3 Å². The van der Waals surface area contributed by atoms with E-state index >= 15 is 0 Å². The van der Waals surface area contributed by atoms with Gasteiger partial charge in [0, 0.05) is 0 Å². The molecule has 0 aliphatic heterocycles. The smallest absolute Gasteiger partial charge is 0.497 e.